The Labute approximate surface area is 182 Å². The molecule has 1 amide bonds. The summed E-state index contributed by atoms with van der Waals surface area (Å²) >= 11 is 0. The highest BCUT2D eigenvalue weighted by Gasteiger charge is 2.32. The van der Waals surface area contributed by atoms with E-state index >= 15 is 0 Å². The number of aromatic nitrogens is 3. The van der Waals surface area contributed by atoms with Crippen LogP contribution in [0.5, 0.6) is 11.5 Å². The smallest absolute Gasteiger partial charge is 0.273 e. The van der Waals surface area contributed by atoms with Crippen LogP contribution in [-0.4, -0.2) is 52.6 Å². The molecule has 0 aliphatic carbocycles. The molecule has 0 spiro atoms. The molecule has 3 aromatic rings. The van der Waals surface area contributed by atoms with Crippen LogP contribution in [0.1, 0.15) is 34.6 Å². The van der Waals surface area contributed by atoms with Gasteiger partial charge < -0.3 is 14.4 Å². The number of benzene rings is 1. The average molecular weight is 418 g/mol. The lowest BCUT2D eigenvalue weighted by Gasteiger charge is -2.25. The number of nitrogens with zero attached hydrogens (tertiary/aromatic N) is 4. The lowest BCUT2D eigenvalue weighted by atomic mass is 10.0. The lowest BCUT2D eigenvalue weighted by Crippen LogP contribution is -2.37. The summed E-state index contributed by atoms with van der Waals surface area (Å²) in [5, 5.41) is 0. The Morgan fingerprint density at radius 2 is 1.87 bits per heavy atom. The zero-order chi connectivity index (χ0) is 21.8. The van der Waals surface area contributed by atoms with Crippen molar-refractivity contribution < 1.29 is 14.3 Å². The Balaban J connectivity index is 1.61. The highest BCUT2D eigenvalue weighted by atomic mass is 16.5. The number of aryl methyl sites for hydroxylation is 1. The quantitative estimate of drug-likeness (QED) is 0.607. The third-order valence-corrected chi connectivity index (χ3v) is 5.60. The molecular weight excluding hydrogens is 392 g/mol. The number of carbonyl (C=O) groups is 1. The average Bonchev–Trinajstić information content (AvgIpc) is 3.27. The molecule has 0 unspecified atom stereocenters. The Hall–Kier alpha value is -3.48. The maximum absolute atomic E-state index is 13.6. The predicted octanol–water partition coefficient (Wildman–Crippen LogP) is 3.71. The van der Waals surface area contributed by atoms with Gasteiger partial charge in [-0.3, -0.25) is 4.79 Å². The molecule has 0 N–H and O–H groups in total. The molecule has 1 atom stereocenters. The number of hydrogen-bond acceptors (Lipinski definition) is 6. The van der Waals surface area contributed by atoms with Crippen LogP contribution in [0.25, 0.3) is 11.4 Å². The van der Waals surface area contributed by atoms with Gasteiger partial charge in [0.15, 0.2) is 17.3 Å². The summed E-state index contributed by atoms with van der Waals surface area (Å²) in [5.41, 5.74) is 2.96. The van der Waals surface area contributed by atoms with E-state index in [-0.39, 0.29) is 11.9 Å². The van der Waals surface area contributed by atoms with E-state index < -0.39 is 0 Å². The van der Waals surface area contributed by atoms with Gasteiger partial charge in [-0.1, -0.05) is 6.07 Å². The number of carbonyl (C=O) groups excluding carboxylic acids is 1. The van der Waals surface area contributed by atoms with Crippen molar-refractivity contribution in [3.8, 4) is 22.9 Å². The van der Waals surface area contributed by atoms with Crippen LogP contribution in [0, 0.1) is 6.92 Å². The number of hydrogen-bond donors (Lipinski definition) is 0. The second-order valence-electron chi connectivity index (χ2n) is 7.61. The maximum Gasteiger partial charge on any atom is 0.273 e. The first-order valence-electron chi connectivity index (χ1n) is 10.4. The van der Waals surface area contributed by atoms with Gasteiger partial charge in [-0.05, 0) is 62.1 Å². The molecular formula is C24H26N4O3. The second kappa shape index (κ2) is 9.12. The summed E-state index contributed by atoms with van der Waals surface area (Å²) in [6.45, 7) is 2.60. The summed E-state index contributed by atoms with van der Waals surface area (Å²) in [5.74, 6) is 1.82. The van der Waals surface area contributed by atoms with E-state index in [9.17, 15) is 4.79 Å². The molecule has 0 bridgehead atoms. The van der Waals surface area contributed by atoms with Gasteiger partial charge in [-0.15, -0.1) is 0 Å². The number of ether oxygens (including phenoxy) is 2. The van der Waals surface area contributed by atoms with Crippen molar-refractivity contribution in [2.45, 2.75) is 32.2 Å². The van der Waals surface area contributed by atoms with E-state index in [1.807, 2.05) is 42.2 Å². The fourth-order valence-electron chi connectivity index (χ4n) is 4.07. The molecule has 4 rings (SSSR count). The van der Waals surface area contributed by atoms with E-state index in [2.05, 4.69) is 15.0 Å². The molecule has 1 aromatic carbocycles. The molecule has 0 radical (unpaired) electrons. The molecule has 0 saturated carbocycles. The summed E-state index contributed by atoms with van der Waals surface area (Å²) in [7, 11) is 3.25. The van der Waals surface area contributed by atoms with E-state index in [0.29, 0.717) is 35.1 Å². The molecule has 1 aliphatic rings. The molecule has 1 saturated heterocycles. The van der Waals surface area contributed by atoms with Gasteiger partial charge in [0.05, 0.1) is 19.8 Å². The maximum atomic E-state index is 13.6. The minimum absolute atomic E-state index is 0.0749. The zero-order valence-corrected chi connectivity index (χ0v) is 18.0. The van der Waals surface area contributed by atoms with Crippen molar-refractivity contribution >= 4 is 5.91 Å². The summed E-state index contributed by atoms with van der Waals surface area (Å²) < 4.78 is 10.8. The fraction of sp³-hybridized carbons (Fsp3) is 0.333. The van der Waals surface area contributed by atoms with Gasteiger partial charge in [0.1, 0.15) is 5.69 Å². The first-order chi connectivity index (χ1) is 15.1. The monoisotopic (exact) mass is 418 g/mol. The molecule has 1 fully saturated rings. The molecule has 7 nitrogen and oxygen atoms in total. The van der Waals surface area contributed by atoms with Gasteiger partial charge in [0.25, 0.3) is 5.91 Å². The largest absolute Gasteiger partial charge is 0.493 e. The highest BCUT2D eigenvalue weighted by Crippen LogP contribution is 2.31. The van der Waals surface area contributed by atoms with Crippen molar-refractivity contribution in [2.75, 3.05) is 20.8 Å². The van der Waals surface area contributed by atoms with E-state index in [1.54, 1.807) is 32.7 Å². The number of likely N-dealkylation sites (tertiary alicyclic amines) is 1. The summed E-state index contributed by atoms with van der Waals surface area (Å²) in [6, 6.07) is 11.5. The minimum atomic E-state index is -0.0749. The first kappa shape index (κ1) is 20.8. The topological polar surface area (TPSA) is 77.4 Å². The Morgan fingerprint density at radius 3 is 2.61 bits per heavy atom. The van der Waals surface area contributed by atoms with Crippen LogP contribution >= 0.6 is 0 Å². The first-order valence-corrected chi connectivity index (χ1v) is 10.4. The van der Waals surface area contributed by atoms with Gasteiger partial charge >= 0.3 is 0 Å². The van der Waals surface area contributed by atoms with Crippen LogP contribution < -0.4 is 9.47 Å². The van der Waals surface area contributed by atoms with E-state index in [0.717, 1.165) is 30.5 Å². The minimum Gasteiger partial charge on any atom is -0.493 e. The van der Waals surface area contributed by atoms with Crippen molar-refractivity contribution in [2.24, 2.45) is 0 Å². The van der Waals surface area contributed by atoms with Gasteiger partial charge in [-0.2, -0.15) is 0 Å². The van der Waals surface area contributed by atoms with Crippen molar-refractivity contribution in [1.82, 2.24) is 19.9 Å². The molecule has 7 heteroatoms. The van der Waals surface area contributed by atoms with Crippen LogP contribution in [0.4, 0.5) is 0 Å². The Bertz CT molecular complexity index is 1070. The summed E-state index contributed by atoms with van der Waals surface area (Å²) in [4.78, 5) is 28.7. The number of methoxy groups -OCH3 is 2. The third kappa shape index (κ3) is 4.35. The van der Waals surface area contributed by atoms with Crippen molar-refractivity contribution in [3.05, 3.63) is 65.7 Å². The summed E-state index contributed by atoms with van der Waals surface area (Å²) in [6.07, 6.45) is 6.00. The van der Waals surface area contributed by atoms with E-state index in [1.165, 1.54) is 0 Å². The molecule has 31 heavy (non-hydrogen) atoms. The van der Waals surface area contributed by atoms with Crippen LogP contribution in [-0.2, 0) is 6.42 Å². The normalized spacial score (nSPS) is 15.7. The third-order valence-electron chi connectivity index (χ3n) is 5.60. The second-order valence-corrected chi connectivity index (χ2v) is 7.61. The van der Waals surface area contributed by atoms with E-state index in [4.69, 9.17) is 9.47 Å². The number of amides is 1. The van der Waals surface area contributed by atoms with Crippen molar-refractivity contribution in [3.63, 3.8) is 0 Å². The highest BCUT2D eigenvalue weighted by molar-refractivity contribution is 5.98. The fourth-order valence-corrected chi connectivity index (χ4v) is 4.07. The SMILES string of the molecule is COc1ccc(C[C@@H]2CCCN2C(=O)c2nc(C)ccc2-c2ncccn2)cc1OC. The van der Waals surface area contributed by atoms with Crippen molar-refractivity contribution in [1.29, 1.82) is 0 Å². The number of pyridine rings is 1. The zero-order valence-electron chi connectivity index (χ0n) is 18.0. The number of rotatable bonds is 6. The van der Waals surface area contributed by atoms with Gasteiger partial charge in [-0.25, -0.2) is 15.0 Å². The van der Waals surface area contributed by atoms with Gasteiger partial charge in [0.2, 0.25) is 0 Å². The van der Waals surface area contributed by atoms with Gasteiger partial charge in [0, 0.05) is 30.7 Å². The Morgan fingerprint density at radius 1 is 1.10 bits per heavy atom. The molecule has 3 heterocycles. The molecule has 160 valence electrons. The molecule has 2 aromatic heterocycles. The Kier molecular flexibility index (Phi) is 6.11. The van der Waals surface area contributed by atoms with Crippen LogP contribution in [0.15, 0.2) is 48.8 Å². The molecule has 1 aliphatic heterocycles. The van der Waals surface area contributed by atoms with Crippen LogP contribution in [0.2, 0.25) is 0 Å². The predicted molar refractivity (Wildman–Crippen MR) is 117 cm³/mol. The standard InChI is InChI=1S/C24H26N4O3/c1-16-7-9-19(23-25-11-5-12-26-23)22(27-16)24(29)28-13-4-6-18(28)14-17-8-10-20(30-2)21(15-17)31-3/h5,7-12,15,18H,4,6,13-14H2,1-3H3/t18-/m0/s1. The lowest BCUT2D eigenvalue weighted by molar-refractivity contribution is 0.0731. The van der Waals surface area contributed by atoms with Crippen LogP contribution in [0.3, 0.4) is 0 Å².